The standard InChI is InChI=1S/C11H16N2O/c1-12-9-5-8-6-10(14-2)3-4-11(8)13-7-9/h3-4,6,9,12-13H,5,7H2,1-2H3. The molecule has 0 bridgehead atoms. The second kappa shape index (κ2) is 3.88. The van der Waals surface area contributed by atoms with E-state index >= 15 is 0 Å². The van der Waals surface area contributed by atoms with E-state index < -0.39 is 0 Å². The highest BCUT2D eigenvalue weighted by molar-refractivity contribution is 5.56. The first kappa shape index (κ1) is 9.34. The molecule has 2 N–H and O–H groups in total. The van der Waals surface area contributed by atoms with E-state index in [4.69, 9.17) is 4.74 Å². The van der Waals surface area contributed by atoms with Gasteiger partial charge < -0.3 is 15.4 Å². The molecule has 0 aliphatic carbocycles. The quantitative estimate of drug-likeness (QED) is 0.740. The summed E-state index contributed by atoms with van der Waals surface area (Å²) >= 11 is 0. The highest BCUT2D eigenvalue weighted by Gasteiger charge is 2.16. The van der Waals surface area contributed by atoms with Crippen molar-refractivity contribution >= 4 is 5.69 Å². The van der Waals surface area contributed by atoms with Crippen LogP contribution in [0.1, 0.15) is 5.56 Å². The number of methoxy groups -OCH3 is 1. The minimum absolute atomic E-state index is 0.523. The van der Waals surface area contributed by atoms with Crippen LogP contribution in [0.25, 0.3) is 0 Å². The lowest BCUT2D eigenvalue weighted by atomic mass is 9.99. The first-order valence-electron chi connectivity index (χ1n) is 4.91. The van der Waals surface area contributed by atoms with Crippen LogP contribution in [0, 0.1) is 0 Å². The summed E-state index contributed by atoms with van der Waals surface area (Å²) in [6.07, 6.45) is 1.07. The summed E-state index contributed by atoms with van der Waals surface area (Å²) in [5, 5.41) is 6.68. The van der Waals surface area contributed by atoms with Crippen molar-refractivity contribution in [2.75, 3.05) is 26.0 Å². The van der Waals surface area contributed by atoms with E-state index in [-0.39, 0.29) is 0 Å². The Morgan fingerprint density at radius 3 is 3.07 bits per heavy atom. The Hall–Kier alpha value is -1.22. The Kier molecular flexibility index (Phi) is 2.59. The Morgan fingerprint density at radius 1 is 1.50 bits per heavy atom. The third-order valence-corrected chi connectivity index (χ3v) is 2.73. The van der Waals surface area contributed by atoms with Gasteiger partial charge >= 0.3 is 0 Å². The molecule has 0 fully saturated rings. The predicted molar refractivity (Wildman–Crippen MR) is 58.0 cm³/mol. The van der Waals surface area contributed by atoms with Gasteiger partial charge in [0.2, 0.25) is 0 Å². The van der Waals surface area contributed by atoms with Crippen LogP contribution >= 0.6 is 0 Å². The summed E-state index contributed by atoms with van der Waals surface area (Å²) in [5.74, 6) is 0.933. The average molecular weight is 192 g/mol. The van der Waals surface area contributed by atoms with Gasteiger partial charge in [-0.05, 0) is 37.2 Å². The number of fused-ring (bicyclic) bond motifs is 1. The van der Waals surface area contributed by atoms with Crippen LogP contribution in [0.3, 0.4) is 0 Å². The summed E-state index contributed by atoms with van der Waals surface area (Å²) in [4.78, 5) is 0. The zero-order valence-corrected chi connectivity index (χ0v) is 8.63. The Balaban J connectivity index is 2.25. The van der Waals surface area contributed by atoms with Crippen molar-refractivity contribution in [3.63, 3.8) is 0 Å². The minimum atomic E-state index is 0.523. The van der Waals surface area contributed by atoms with Crippen molar-refractivity contribution in [3.05, 3.63) is 23.8 Å². The molecule has 3 nitrogen and oxygen atoms in total. The van der Waals surface area contributed by atoms with Crippen molar-refractivity contribution < 1.29 is 4.74 Å². The highest BCUT2D eigenvalue weighted by Crippen LogP contribution is 2.26. The van der Waals surface area contributed by atoms with Gasteiger partial charge in [0, 0.05) is 18.3 Å². The molecule has 1 aromatic carbocycles. The van der Waals surface area contributed by atoms with Gasteiger partial charge in [-0.2, -0.15) is 0 Å². The molecule has 1 aromatic rings. The number of likely N-dealkylation sites (N-methyl/N-ethyl adjacent to an activating group) is 1. The summed E-state index contributed by atoms with van der Waals surface area (Å²) < 4.78 is 5.20. The predicted octanol–water partition coefficient (Wildman–Crippen LogP) is 1.25. The number of hydrogen-bond donors (Lipinski definition) is 2. The molecule has 76 valence electrons. The smallest absolute Gasteiger partial charge is 0.119 e. The molecule has 0 saturated heterocycles. The van der Waals surface area contributed by atoms with Crippen molar-refractivity contribution in [3.8, 4) is 5.75 Å². The lowest BCUT2D eigenvalue weighted by molar-refractivity contribution is 0.413. The molecule has 1 atom stereocenters. The van der Waals surface area contributed by atoms with Gasteiger partial charge in [0.1, 0.15) is 5.75 Å². The van der Waals surface area contributed by atoms with E-state index in [1.165, 1.54) is 11.3 Å². The van der Waals surface area contributed by atoms with Crippen LogP contribution in [0.4, 0.5) is 5.69 Å². The SMILES string of the molecule is CNC1CNc2ccc(OC)cc2C1. The maximum absolute atomic E-state index is 5.20. The van der Waals surface area contributed by atoms with Gasteiger partial charge in [0.05, 0.1) is 7.11 Å². The average Bonchev–Trinajstić information content (AvgIpc) is 2.27. The number of hydrogen-bond acceptors (Lipinski definition) is 3. The van der Waals surface area contributed by atoms with E-state index in [0.29, 0.717) is 6.04 Å². The first-order valence-corrected chi connectivity index (χ1v) is 4.91. The molecular formula is C11H16N2O. The lowest BCUT2D eigenvalue weighted by Gasteiger charge is -2.26. The summed E-state index contributed by atoms with van der Waals surface area (Å²) in [6, 6.07) is 6.70. The number of anilines is 1. The molecule has 0 saturated carbocycles. The van der Waals surface area contributed by atoms with E-state index in [1.54, 1.807) is 7.11 Å². The molecule has 0 spiro atoms. The van der Waals surface area contributed by atoms with Crippen LogP contribution in [0.5, 0.6) is 5.75 Å². The minimum Gasteiger partial charge on any atom is -0.497 e. The topological polar surface area (TPSA) is 33.3 Å². The van der Waals surface area contributed by atoms with Crippen molar-refractivity contribution in [2.24, 2.45) is 0 Å². The fraction of sp³-hybridized carbons (Fsp3) is 0.455. The first-order chi connectivity index (χ1) is 6.83. The van der Waals surface area contributed by atoms with Crippen molar-refractivity contribution in [2.45, 2.75) is 12.5 Å². The maximum Gasteiger partial charge on any atom is 0.119 e. The normalized spacial score (nSPS) is 19.7. The van der Waals surface area contributed by atoms with E-state index in [2.05, 4.69) is 22.8 Å². The van der Waals surface area contributed by atoms with E-state index in [9.17, 15) is 0 Å². The molecule has 2 rings (SSSR count). The molecule has 1 unspecified atom stereocenters. The molecule has 0 aromatic heterocycles. The molecule has 0 amide bonds. The number of nitrogens with one attached hydrogen (secondary N) is 2. The van der Waals surface area contributed by atoms with E-state index in [1.807, 2.05) is 13.1 Å². The van der Waals surface area contributed by atoms with Crippen LogP contribution in [0.15, 0.2) is 18.2 Å². The summed E-state index contributed by atoms with van der Waals surface area (Å²) in [6.45, 7) is 0.996. The summed E-state index contributed by atoms with van der Waals surface area (Å²) in [7, 11) is 3.70. The molecule has 1 aliphatic heterocycles. The largest absolute Gasteiger partial charge is 0.497 e. The second-order valence-corrected chi connectivity index (χ2v) is 3.59. The fourth-order valence-corrected chi connectivity index (χ4v) is 1.81. The number of benzene rings is 1. The van der Waals surface area contributed by atoms with Crippen molar-refractivity contribution in [1.82, 2.24) is 5.32 Å². The van der Waals surface area contributed by atoms with Crippen LogP contribution < -0.4 is 15.4 Å². The third-order valence-electron chi connectivity index (χ3n) is 2.73. The second-order valence-electron chi connectivity index (χ2n) is 3.59. The maximum atomic E-state index is 5.20. The van der Waals surface area contributed by atoms with Gasteiger partial charge in [-0.1, -0.05) is 0 Å². The van der Waals surface area contributed by atoms with Gasteiger partial charge in [-0.15, -0.1) is 0 Å². The number of ether oxygens (including phenoxy) is 1. The fourth-order valence-electron chi connectivity index (χ4n) is 1.81. The van der Waals surface area contributed by atoms with Gasteiger partial charge in [-0.25, -0.2) is 0 Å². The lowest BCUT2D eigenvalue weighted by Crippen LogP contribution is -2.38. The summed E-state index contributed by atoms with van der Waals surface area (Å²) in [5.41, 5.74) is 2.56. The molecule has 0 radical (unpaired) electrons. The van der Waals surface area contributed by atoms with Crippen LogP contribution in [0.2, 0.25) is 0 Å². The Bertz CT molecular complexity index is 325. The van der Waals surface area contributed by atoms with Gasteiger partial charge in [-0.3, -0.25) is 0 Å². The zero-order chi connectivity index (χ0) is 9.97. The molecule has 3 heteroatoms. The number of rotatable bonds is 2. The zero-order valence-electron chi connectivity index (χ0n) is 8.63. The highest BCUT2D eigenvalue weighted by atomic mass is 16.5. The monoisotopic (exact) mass is 192 g/mol. The van der Waals surface area contributed by atoms with Crippen LogP contribution in [-0.2, 0) is 6.42 Å². The van der Waals surface area contributed by atoms with Crippen LogP contribution in [-0.4, -0.2) is 26.7 Å². The van der Waals surface area contributed by atoms with Gasteiger partial charge in [0.15, 0.2) is 0 Å². The van der Waals surface area contributed by atoms with Crippen molar-refractivity contribution in [1.29, 1.82) is 0 Å². The molecule has 1 aliphatic rings. The Morgan fingerprint density at radius 2 is 2.36 bits per heavy atom. The third kappa shape index (κ3) is 1.68. The van der Waals surface area contributed by atoms with Gasteiger partial charge in [0.25, 0.3) is 0 Å². The molecule has 14 heavy (non-hydrogen) atoms. The van der Waals surface area contributed by atoms with E-state index in [0.717, 1.165) is 18.7 Å². The molecule has 1 heterocycles. The Labute approximate surface area is 84.5 Å². The molecular weight excluding hydrogens is 176 g/mol.